The summed E-state index contributed by atoms with van der Waals surface area (Å²) in [6, 6.07) is 18.7. The fraction of sp³-hybridized carbons (Fsp3) is 0.391. The molecule has 0 bridgehead atoms. The lowest BCUT2D eigenvalue weighted by Gasteiger charge is -2.19. The normalized spacial score (nSPS) is 19.1. The molecular weight excluding hydrogens is 354 g/mol. The molecule has 2 aromatic rings. The van der Waals surface area contributed by atoms with Crippen LogP contribution in [0.15, 0.2) is 60.7 Å². The van der Waals surface area contributed by atoms with Crippen LogP contribution < -0.4 is 5.32 Å². The maximum absolute atomic E-state index is 12.5. The third kappa shape index (κ3) is 5.92. The van der Waals surface area contributed by atoms with Gasteiger partial charge in [-0.2, -0.15) is 0 Å². The maximum Gasteiger partial charge on any atom is 0.328 e. The van der Waals surface area contributed by atoms with Gasteiger partial charge in [0.1, 0.15) is 12.6 Å². The predicted molar refractivity (Wildman–Crippen MR) is 106 cm³/mol. The first-order chi connectivity index (χ1) is 13.5. The van der Waals surface area contributed by atoms with E-state index >= 15 is 0 Å². The summed E-state index contributed by atoms with van der Waals surface area (Å²) in [6.07, 6.45) is 0.570. The number of carbonyl (C=O) groups is 2. The van der Waals surface area contributed by atoms with Crippen LogP contribution in [0.25, 0.3) is 0 Å². The molecule has 3 atom stereocenters. The maximum atomic E-state index is 12.5. The number of ether oxygens (including phenoxy) is 2. The predicted octanol–water partition coefficient (Wildman–Crippen LogP) is 3.27. The largest absolute Gasteiger partial charge is 0.459 e. The third-order valence-corrected chi connectivity index (χ3v) is 4.65. The highest BCUT2D eigenvalue weighted by Crippen LogP contribution is 2.26. The molecule has 148 valence electrons. The summed E-state index contributed by atoms with van der Waals surface area (Å²) in [5.41, 5.74) is 2.04. The first kappa shape index (κ1) is 20.1. The smallest absolute Gasteiger partial charge is 0.328 e. The van der Waals surface area contributed by atoms with Gasteiger partial charge in [0.15, 0.2) is 6.10 Å². The minimum Gasteiger partial charge on any atom is -0.459 e. The zero-order valence-corrected chi connectivity index (χ0v) is 16.3. The second kappa shape index (κ2) is 9.51. The van der Waals surface area contributed by atoms with Crippen LogP contribution in [0.3, 0.4) is 0 Å². The number of benzene rings is 2. The van der Waals surface area contributed by atoms with Gasteiger partial charge in [-0.15, -0.1) is 0 Å². The average Bonchev–Trinajstić information content (AvgIpc) is 3.46. The van der Waals surface area contributed by atoms with Gasteiger partial charge in [0.05, 0.1) is 6.10 Å². The van der Waals surface area contributed by atoms with Crippen LogP contribution in [0.4, 0.5) is 0 Å². The van der Waals surface area contributed by atoms with Crippen LogP contribution in [-0.4, -0.2) is 30.1 Å². The van der Waals surface area contributed by atoms with Crippen molar-refractivity contribution in [2.24, 2.45) is 5.92 Å². The molecule has 1 aliphatic rings. The molecule has 0 radical (unpaired) electrons. The molecule has 1 saturated heterocycles. The lowest BCUT2D eigenvalue weighted by molar-refractivity contribution is -0.149. The van der Waals surface area contributed by atoms with E-state index in [4.69, 9.17) is 9.47 Å². The summed E-state index contributed by atoms with van der Waals surface area (Å²) in [4.78, 5) is 25.1. The van der Waals surface area contributed by atoms with Crippen LogP contribution in [0.5, 0.6) is 0 Å². The monoisotopic (exact) mass is 381 g/mol. The van der Waals surface area contributed by atoms with E-state index < -0.39 is 18.1 Å². The van der Waals surface area contributed by atoms with Gasteiger partial charge in [0.25, 0.3) is 5.91 Å². The molecule has 1 aliphatic heterocycles. The van der Waals surface area contributed by atoms with E-state index in [-0.39, 0.29) is 24.5 Å². The highest BCUT2D eigenvalue weighted by atomic mass is 16.6. The molecule has 0 aromatic heterocycles. The molecule has 0 spiro atoms. The second-order valence-electron chi connectivity index (χ2n) is 7.57. The highest BCUT2D eigenvalue weighted by Gasteiger charge is 2.45. The molecule has 0 saturated carbocycles. The van der Waals surface area contributed by atoms with Crippen LogP contribution in [-0.2, 0) is 32.1 Å². The minimum atomic E-state index is -0.669. The van der Waals surface area contributed by atoms with E-state index in [1.165, 1.54) is 0 Å². The first-order valence-electron chi connectivity index (χ1n) is 9.73. The van der Waals surface area contributed by atoms with Crippen molar-refractivity contribution in [1.29, 1.82) is 0 Å². The number of esters is 1. The summed E-state index contributed by atoms with van der Waals surface area (Å²) < 4.78 is 11.0. The Morgan fingerprint density at radius 2 is 1.61 bits per heavy atom. The molecule has 3 rings (SSSR count). The number of amides is 1. The van der Waals surface area contributed by atoms with Crippen molar-refractivity contribution in [3.63, 3.8) is 0 Å². The average molecular weight is 381 g/mol. The molecule has 1 heterocycles. The molecule has 5 nitrogen and oxygen atoms in total. The Morgan fingerprint density at radius 3 is 2.21 bits per heavy atom. The molecule has 5 heteroatoms. The van der Waals surface area contributed by atoms with Crippen LogP contribution in [0.2, 0.25) is 0 Å². The van der Waals surface area contributed by atoms with Crippen molar-refractivity contribution in [3.05, 3.63) is 71.8 Å². The van der Waals surface area contributed by atoms with Crippen molar-refractivity contribution in [3.8, 4) is 0 Å². The topological polar surface area (TPSA) is 67.9 Å². The molecular formula is C23H27NO4. The van der Waals surface area contributed by atoms with Crippen LogP contribution >= 0.6 is 0 Å². The molecule has 0 aliphatic carbocycles. The zero-order chi connectivity index (χ0) is 19.9. The van der Waals surface area contributed by atoms with Gasteiger partial charge < -0.3 is 14.8 Å². The van der Waals surface area contributed by atoms with E-state index in [1.54, 1.807) is 0 Å². The fourth-order valence-electron chi connectivity index (χ4n) is 3.14. The van der Waals surface area contributed by atoms with Crippen molar-refractivity contribution in [2.75, 3.05) is 0 Å². The van der Waals surface area contributed by atoms with Crippen molar-refractivity contribution in [2.45, 2.75) is 51.5 Å². The Labute approximate surface area is 166 Å². The Bertz CT molecular complexity index is 776. The minimum absolute atomic E-state index is 0.137. The van der Waals surface area contributed by atoms with Gasteiger partial charge in [0, 0.05) is 6.42 Å². The van der Waals surface area contributed by atoms with E-state index in [9.17, 15) is 9.59 Å². The lowest BCUT2D eigenvalue weighted by Crippen LogP contribution is -2.44. The number of carbonyl (C=O) groups excluding carboxylic acids is 2. The second-order valence-corrected chi connectivity index (χ2v) is 7.57. The summed E-state index contributed by atoms with van der Waals surface area (Å²) in [5.74, 6) is -0.413. The fourth-order valence-corrected chi connectivity index (χ4v) is 3.14. The van der Waals surface area contributed by atoms with Crippen molar-refractivity contribution < 1.29 is 19.1 Å². The lowest BCUT2D eigenvalue weighted by atomic mass is 10.0. The zero-order valence-electron chi connectivity index (χ0n) is 16.3. The summed E-state index contributed by atoms with van der Waals surface area (Å²) in [6.45, 7) is 4.21. The highest BCUT2D eigenvalue weighted by molar-refractivity contribution is 5.88. The standard InChI is InChI=1S/C23H27NO4/c1-16(2)13-19(23(26)27-15-18-11-7-4-8-12-18)24-22(25)21-20(28-21)14-17-9-5-3-6-10-17/h3-12,16,19-21H,13-15H2,1-2H3,(H,24,25)/t19-,20+,21-/m0/s1. The summed E-state index contributed by atoms with van der Waals surface area (Å²) >= 11 is 0. The number of rotatable bonds is 9. The van der Waals surface area contributed by atoms with Gasteiger partial charge in [-0.25, -0.2) is 4.79 Å². The summed E-state index contributed by atoms with van der Waals surface area (Å²) in [7, 11) is 0. The van der Waals surface area contributed by atoms with Gasteiger partial charge in [-0.3, -0.25) is 4.79 Å². The quantitative estimate of drug-likeness (QED) is 0.535. The SMILES string of the molecule is CC(C)C[C@H](NC(=O)[C@H]1O[C@@H]1Cc1ccccc1)C(=O)OCc1ccccc1. The summed E-state index contributed by atoms with van der Waals surface area (Å²) in [5, 5.41) is 2.82. The van der Waals surface area contributed by atoms with E-state index in [0.717, 1.165) is 11.1 Å². The molecule has 1 N–H and O–H groups in total. The van der Waals surface area contributed by atoms with E-state index in [2.05, 4.69) is 5.32 Å². The molecule has 0 unspecified atom stereocenters. The molecule has 1 fully saturated rings. The number of hydrogen-bond donors (Lipinski definition) is 1. The first-order valence-corrected chi connectivity index (χ1v) is 9.73. The van der Waals surface area contributed by atoms with Crippen LogP contribution in [0.1, 0.15) is 31.4 Å². The Morgan fingerprint density at radius 1 is 1.00 bits per heavy atom. The van der Waals surface area contributed by atoms with E-state index in [0.29, 0.717) is 12.8 Å². The van der Waals surface area contributed by atoms with Gasteiger partial charge in [-0.05, 0) is 23.5 Å². The number of hydrogen-bond acceptors (Lipinski definition) is 4. The van der Waals surface area contributed by atoms with Crippen molar-refractivity contribution in [1.82, 2.24) is 5.32 Å². The van der Waals surface area contributed by atoms with Gasteiger partial charge in [0.2, 0.25) is 0 Å². The molecule has 2 aromatic carbocycles. The van der Waals surface area contributed by atoms with Crippen LogP contribution in [0, 0.1) is 5.92 Å². The van der Waals surface area contributed by atoms with Gasteiger partial charge >= 0.3 is 5.97 Å². The van der Waals surface area contributed by atoms with Crippen molar-refractivity contribution >= 4 is 11.9 Å². The van der Waals surface area contributed by atoms with Gasteiger partial charge in [-0.1, -0.05) is 74.5 Å². The Hall–Kier alpha value is -2.66. The van der Waals surface area contributed by atoms with E-state index in [1.807, 2.05) is 74.5 Å². The Balaban J connectivity index is 1.52. The number of nitrogens with one attached hydrogen (secondary N) is 1. The number of epoxide rings is 1. The third-order valence-electron chi connectivity index (χ3n) is 4.65. The molecule has 1 amide bonds. The Kier molecular flexibility index (Phi) is 6.82. The molecule has 28 heavy (non-hydrogen) atoms.